The molecule has 2 aromatic rings. The fourth-order valence-corrected chi connectivity index (χ4v) is 3.58. The molecule has 0 unspecified atom stereocenters. The quantitative estimate of drug-likeness (QED) is 0.729. The summed E-state index contributed by atoms with van der Waals surface area (Å²) in [6.45, 7) is 3.98. The van der Waals surface area contributed by atoms with Crippen LogP contribution in [0, 0.1) is 6.92 Å². The van der Waals surface area contributed by atoms with Crippen molar-refractivity contribution >= 4 is 29.2 Å². The molecule has 1 saturated heterocycles. The van der Waals surface area contributed by atoms with Crippen LogP contribution in [0.4, 0.5) is 4.79 Å². The zero-order chi connectivity index (χ0) is 19.2. The molecule has 0 radical (unpaired) electrons. The number of carbonyl (C=O) groups is 3. The number of benzene rings is 1. The highest BCUT2D eigenvalue weighted by Crippen LogP contribution is 2.14. The topological polar surface area (TPSA) is 90.5 Å². The van der Waals surface area contributed by atoms with Crippen LogP contribution in [0.1, 0.15) is 25.7 Å². The molecule has 1 aromatic heterocycles. The highest BCUT2D eigenvalue weighted by molar-refractivity contribution is 7.11. The summed E-state index contributed by atoms with van der Waals surface area (Å²) >= 11 is 1.66. The van der Waals surface area contributed by atoms with Crippen molar-refractivity contribution in [2.45, 2.75) is 20.0 Å². The SMILES string of the molecule is Cc1ccc(CNC(=O)NCc2ccc(C(=O)N3CCNC(=O)C3)cc2)s1. The summed E-state index contributed by atoms with van der Waals surface area (Å²) in [6.07, 6.45) is 0. The number of thiophene rings is 1. The summed E-state index contributed by atoms with van der Waals surface area (Å²) in [5.74, 6) is -0.299. The van der Waals surface area contributed by atoms with Gasteiger partial charge in [-0.2, -0.15) is 0 Å². The van der Waals surface area contributed by atoms with Gasteiger partial charge < -0.3 is 20.9 Å². The molecule has 0 bridgehead atoms. The van der Waals surface area contributed by atoms with Crippen molar-refractivity contribution in [3.63, 3.8) is 0 Å². The molecule has 0 spiro atoms. The molecular weight excluding hydrogens is 364 g/mol. The van der Waals surface area contributed by atoms with Crippen LogP contribution in [0.5, 0.6) is 0 Å². The molecule has 1 aliphatic heterocycles. The average Bonchev–Trinajstić information content (AvgIpc) is 3.10. The highest BCUT2D eigenvalue weighted by Gasteiger charge is 2.22. The zero-order valence-corrected chi connectivity index (χ0v) is 15.9. The fourth-order valence-electron chi connectivity index (χ4n) is 2.75. The number of hydrogen-bond donors (Lipinski definition) is 3. The maximum atomic E-state index is 12.4. The van der Waals surface area contributed by atoms with Crippen molar-refractivity contribution in [2.75, 3.05) is 19.6 Å². The van der Waals surface area contributed by atoms with E-state index in [0.29, 0.717) is 31.7 Å². The minimum atomic E-state index is -0.236. The first kappa shape index (κ1) is 18.9. The minimum Gasteiger partial charge on any atom is -0.353 e. The Kier molecular flexibility index (Phi) is 6.08. The van der Waals surface area contributed by atoms with Gasteiger partial charge in [0, 0.05) is 35.0 Å². The van der Waals surface area contributed by atoms with Gasteiger partial charge in [-0.1, -0.05) is 12.1 Å². The van der Waals surface area contributed by atoms with Crippen molar-refractivity contribution in [3.05, 3.63) is 57.3 Å². The van der Waals surface area contributed by atoms with Gasteiger partial charge >= 0.3 is 6.03 Å². The molecule has 3 rings (SSSR count). The first-order valence-corrected chi connectivity index (χ1v) is 9.55. The van der Waals surface area contributed by atoms with Crippen molar-refractivity contribution in [1.82, 2.24) is 20.9 Å². The van der Waals surface area contributed by atoms with Crippen LogP contribution in [0.15, 0.2) is 36.4 Å². The van der Waals surface area contributed by atoms with Gasteiger partial charge in [-0.05, 0) is 36.8 Å². The van der Waals surface area contributed by atoms with E-state index in [0.717, 1.165) is 10.4 Å². The number of aryl methyl sites for hydroxylation is 1. The van der Waals surface area contributed by atoms with Gasteiger partial charge in [-0.15, -0.1) is 11.3 Å². The van der Waals surface area contributed by atoms with Crippen molar-refractivity contribution < 1.29 is 14.4 Å². The molecule has 27 heavy (non-hydrogen) atoms. The second kappa shape index (κ2) is 8.68. The first-order chi connectivity index (χ1) is 13.0. The van der Waals surface area contributed by atoms with Crippen LogP contribution in [-0.2, 0) is 17.9 Å². The van der Waals surface area contributed by atoms with E-state index in [1.54, 1.807) is 35.6 Å². The lowest BCUT2D eigenvalue weighted by atomic mass is 10.1. The molecule has 0 aliphatic carbocycles. The summed E-state index contributed by atoms with van der Waals surface area (Å²) in [4.78, 5) is 39.6. The number of piperazine rings is 1. The molecule has 142 valence electrons. The molecule has 8 heteroatoms. The Morgan fingerprint density at radius 2 is 1.85 bits per heavy atom. The third kappa shape index (κ3) is 5.30. The Morgan fingerprint density at radius 3 is 2.52 bits per heavy atom. The van der Waals surface area contributed by atoms with E-state index in [4.69, 9.17) is 0 Å². The molecule has 2 heterocycles. The molecule has 4 amide bonds. The summed E-state index contributed by atoms with van der Waals surface area (Å²) in [5.41, 5.74) is 1.43. The van der Waals surface area contributed by atoms with E-state index in [9.17, 15) is 14.4 Å². The number of urea groups is 1. The summed E-state index contributed by atoms with van der Waals surface area (Å²) in [6, 6.07) is 10.8. The molecular formula is C19H22N4O3S. The predicted molar refractivity (Wildman–Crippen MR) is 103 cm³/mol. The summed E-state index contributed by atoms with van der Waals surface area (Å²) < 4.78 is 0. The van der Waals surface area contributed by atoms with Gasteiger partial charge in [0.25, 0.3) is 5.91 Å². The smallest absolute Gasteiger partial charge is 0.315 e. The number of nitrogens with one attached hydrogen (secondary N) is 3. The Morgan fingerprint density at radius 1 is 1.11 bits per heavy atom. The summed E-state index contributed by atoms with van der Waals surface area (Å²) in [7, 11) is 0. The van der Waals surface area contributed by atoms with Crippen LogP contribution in [0.3, 0.4) is 0 Å². The van der Waals surface area contributed by atoms with Gasteiger partial charge in [0.1, 0.15) is 0 Å². The van der Waals surface area contributed by atoms with Crippen LogP contribution >= 0.6 is 11.3 Å². The molecule has 3 N–H and O–H groups in total. The first-order valence-electron chi connectivity index (χ1n) is 8.73. The summed E-state index contributed by atoms with van der Waals surface area (Å²) in [5, 5.41) is 8.32. The van der Waals surface area contributed by atoms with Crippen LogP contribution in [0.25, 0.3) is 0 Å². The number of carbonyl (C=O) groups excluding carboxylic acids is 3. The largest absolute Gasteiger partial charge is 0.353 e. The normalized spacial score (nSPS) is 13.8. The molecule has 1 fully saturated rings. The van der Waals surface area contributed by atoms with Gasteiger partial charge in [0.05, 0.1) is 13.1 Å². The zero-order valence-electron chi connectivity index (χ0n) is 15.1. The Labute approximate surface area is 161 Å². The number of amides is 4. The molecule has 7 nitrogen and oxygen atoms in total. The maximum Gasteiger partial charge on any atom is 0.315 e. The lowest BCUT2D eigenvalue weighted by molar-refractivity contribution is -0.123. The van der Waals surface area contributed by atoms with Gasteiger partial charge in [0.2, 0.25) is 5.91 Å². The number of rotatable bonds is 5. The van der Waals surface area contributed by atoms with Gasteiger partial charge in [-0.25, -0.2) is 4.79 Å². The number of nitrogens with zero attached hydrogens (tertiary/aromatic N) is 1. The van der Waals surface area contributed by atoms with Crippen LogP contribution in [0.2, 0.25) is 0 Å². The highest BCUT2D eigenvalue weighted by atomic mass is 32.1. The molecule has 1 aliphatic rings. The van der Waals surface area contributed by atoms with Crippen molar-refractivity contribution in [3.8, 4) is 0 Å². The van der Waals surface area contributed by atoms with E-state index >= 15 is 0 Å². The van der Waals surface area contributed by atoms with E-state index in [1.165, 1.54) is 9.78 Å². The van der Waals surface area contributed by atoms with E-state index in [1.807, 2.05) is 19.1 Å². The molecule has 1 aromatic carbocycles. The maximum absolute atomic E-state index is 12.4. The third-order valence-electron chi connectivity index (χ3n) is 4.20. The van der Waals surface area contributed by atoms with Gasteiger partial charge in [-0.3, -0.25) is 9.59 Å². The average molecular weight is 386 g/mol. The fraction of sp³-hybridized carbons (Fsp3) is 0.316. The van der Waals surface area contributed by atoms with E-state index < -0.39 is 0 Å². The second-order valence-electron chi connectivity index (χ2n) is 6.32. The standard InChI is InChI=1S/C19H22N4O3S/c1-13-2-7-16(27-13)11-22-19(26)21-10-14-3-5-15(6-4-14)18(25)23-9-8-20-17(24)12-23/h2-7H,8-12H2,1H3,(H,20,24)(H2,21,22,26). The monoisotopic (exact) mass is 386 g/mol. The Balaban J connectivity index is 1.46. The van der Waals surface area contributed by atoms with E-state index in [2.05, 4.69) is 16.0 Å². The predicted octanol–water partition coefficient (Wildman–Crippen LogP) is 1.63. The third-order valence-corrected chi connectivity index (χ3v) is 5.20. The molecule has 0 saturated carbocycles. The Hall–Kier alpha value is -2.87. The lowest BCUT2D eigenvalue weighted by Gasteiger charge is -2.26. The molecule has 0 atom stereocenters. The second-order valence-corrected chi connectivity index (χ2v) is 7.69. The van der Waals surface area contributed by atoms with Crippen molar-refractivity contribution in [2.24, 2.45) is 0 Å². The van der Waals surface area contributed by atoms with Crippen molar-refractivity contribution in [1.29, 1.82) is 0 Å². The van der Waals surface area contributed by atoms with E-state index in [-0.39, 0.29) is 24.4 Å². The van der Waals surface area contributed by atoms with Crippen LogP contribution in [-0.4, -0.2) is 42.4 Å². The lowest BCUT2D eigenvalue weighted by Crippen LogP contribution is -2.49. The van der Waals surface area contributed by atoms with Gasteiger partial charge in [0.15, 0.2) is 0 Å². The van der Waals surface area contributed by atoms with Crippen LogP contribution < -0.4 is 16.0 Å². The number of hydrogen-bond acceptors (Lipinski definition) is 4. The minimum absolute atomic E-state index is 0.0894. The Bertz CT molecular complexity index is 832.